The summed E-state index contributed by atoms with van der Waals surface area (Å²) < 4.78 is 0.108. The van der Waals surface area contributed by atoms with Crippen LogP contribution in [-0.2, 0) is 9.59 Å². The number of rotatable bonds is 6. The molecule has 0 bridgehead atoms. The molecule has 104 valence electrons. The summed E-state index contributed by atoms with van der Waals surface area (Å²) >= 11 is 1.79. The molecule has 1 aliphatic carbocycles. The van der Waals surface area contributed by atoms with Crippen LogP contribution >= 0.6 is 11.8 Å². The topological polar surface area (TPSA) is 92.4 Å². The molecule has 1 saturated carbocycles. The minimum Gasteiger partial charge on any atom is -0.481 e. The van der Waals surface area contributed by atoms with Crippen molar-refractivity contribution in [3.63, 3.8) is 0 Å². The fraction of sp³-hybridized carbons (Fsp3) is 0.833. The fourth-order valence-electron chi connectivity index (χ4n) is 2.31. The number of carboxylic acid groups (broad SMARTS) is 1. The van der Waals surface area contributed by atoms with Crippen LogP contribution in [0.4, 0.5) is 0 Å². The van der Waals surface area contributed by atoms with Gasteiger partial charge in [0.15, 0.2) is 0 Å². The van der Waals surface area contributed by atoms with E-state index in [9.17, 15) is 9.59 Å². The van der Waals surface area contributed by atoms with Crippen LogP contribution in [0.2, 0.25) is 0 Å². The number of amides is 1. The van der Waals surface area contributed by atoms with Crippen molar-refractivity contribution in [2.75, 3.05) is 12.8 Å². The second-order valence-corrected chi connectivity index (χ2v) is 6.14. The van der Waals surface area contributed by atoms with Gasteiger partial charge in [-0.2, -0.15) is 11.8 Å². The average Bonchev–Trinajstić information content (AvgIpc) is 2.36. The Labute approximate surface area is 112 Å². The molecule has 1 amide bonds. The van der Waals surface area contributed by atoms with E-state index in [0.717, 1.165) is 12.8 Å². The van der Waals surface area contributed by atoms with Crippen LogP contribution in [0.25, 0.3) is 0 Å². The first kappa shape index (κ1) is 15.3. The SMILES string of the molecule is CSC1(CNC(=O)C(N)CC(=O)O)CCCCC1. The van der Waals surface area contributed by atoms with Gasteiger partial charge >= 0.3 is 5.97 Å². The van der Waals surface area contributed by atoms with Gasteiger partial charge in [0.1, 0.15) is 0 Å². The summed E-state index contributed by atoms with van der Waals surface area (Å²) in [6, 6.07) is -0.954. The molecular weight excluding hydrogens is 252 g/mol. The molecule has 0 spiro atoms. The van der Waals surface area contributed by atoms with E-state index in [1.54, 1.807) is 11.8 Å². The van der Waals surface area contributed by atoms with Gasteiger partial charge in [0, 0.05) is 11.3 Å². The second-order valence-electron chi connectivity index (χ2n) is 4.87. The number of carboxylic acids is 1. The molecule has 1 fully saturated rings. The number of hydrogen-bond acceptors (Lipinski definition) is 4. The monoisotopic (exact) mass is 274 g/mol. The molecular formula is C12H22N2O3S. The van der Waals surface area contributed by atoms with Crippen molar-refractivity contribution in [3.8, 4) is 0 Å². The van der Waals surface area contributed by atoms with Gasteiger partial charge in [-0.1, -0.05) is 19.3 Å². The smallest absolute Gasteiger partial charge is 0.305 e. The number of nitrogens with two attached hydrogens (primary N) is 1. The third kappa shape index (κ3) is 4.49. The van der Waals surface area contributed by atoms with Gasteiger partial charge in [-0.25, -0.2) is 0 Å². The summed E-state index contributed by atoms with van der Waals surface area (Å²) in [5.41, 5.74) is 5.52. The van der Waals surface area contributed by atoms with Crippen LogP contribution in [0, 0.1) is 0 Å². The Bertz CT molecular complexity index is 304. The predicted molar refractivity (Wildman–Crippen MR) is 72.6 cm³/mol. The lowest BCUT2D eigenvalue weighted by Crippen LogP contribution is -2.48. The number of carbonyl (C=O) groups is 2. The maximum Gasteiger partial charge on any atom is 0.305 e. The lowest BCUT2D eigenvalue weighted by molar-refractivity contribution is -0.139. The van der Waals surface area contributed by atoms with Crippen molar-refractivity contribution in [2.45, 2.75) is 49.3 Å². The van der Waals surface area contributed by atoms with Crippen LogP contribution in [0.1, 0.15) is 38.5 Å². The molecule has 0 aliphatic heterocycles. The lowest BCUT2D eigenvalue weighted by Gasteiger charge is -2.36. The summed E-state index contributed by atoms with van der Waals surface area (Å²) in [7, 11) is 0. The van der Waals surface area contributed by atoms with Gasteiger partial charge in [0.05, 0.1) is 12.5 Å². The van der Waals surface area contributed by atoms with E-state index in [4.69, 9.17) is 10.8 Å². The number of hydrogen-bond donors (Lipinski definition) is 3. The normalized spacial score (nSPS) is 20.1. The van der Waals surface area contributed by atoms with Crippen LogP contribution in [-0.4, -0.2) is 40.6 Å². The summed E-state index contributed by atoms with van der Waals surface area (Å²) in [6.45, 7) is 0.584. The Balaban J connectivity index is 2.42. The number of nitrogens with one attached hydrogen (secondary N) is 1. The van der Waals surface area contributed by atoms with E-state index >= 15 is 0 Å². The zero-order valence-electron chi connectivity index (χ0n) is 10.8. The average molecular weight is 274 g/mol. The Morgan fingerprint density at radius 3 is 2.50 bits per heavy atom. The van der Waals surface area contributed by atoms with E-state index in [1.165, 1.54) is 19.3 Å². The molecule has 0 saturated heterocycles. The second kappa shape index (κ2) is 6.99. The van der Waals surface area contributed by atoms with E-state index < -0.39 is 12.0 Å². The molecule has 0 aromatic rings. The van der Waals surface area contributed by atoms with Crippen molar-refractivity contribution < 1.29 is 14.7 Å². The molecule has 0 aromatic heterocycles. The van der Waals surface area contributed by atoms with Crippen molar-refractivity contribution in [3.05, 3.63) is 0 Å². The van der Waals surface area contributed by atoms with Crippen LogP contribution in [0.15, 0.2) is 0 Å². The zero-order valence-corrected chi connectivity index (χ0v) is 11.6. The first-order valence-corrected chi connectivity index (χ1v) is 7.52. The van der Waals surface area contributed by atoms with Gasteiger partial charge in [0.25, 0.3) is 0 Å². The first-order chi connectivity index (χ1) is 8.49. The van der Waals surface area contributed by atoms with Gasteiger partial charge in [-0.15, -0.1) is 0 Å². The highest BCUT2D eigenvalue weighted by atomic mass is 32.2. The van der Waals surface area contributed by atoms with Crippen molar-refractivity contribution in [2.24, 2.45) is 5.73 Å². The molecule has 1 rings (SSSR count). The highest BCUT2D eigenvalue weighted by Crippen LogP contribution is 2.37. The summed E-state index contributed by atoms with van der Waals surface area (Å²) in [6.07, 6.45) is 7.59. The quantitative estimate of drug-likeness (QED) is 0.671. The molecule has 1 atom stereocenters. The van der Waals surface area contributed by atoms with Crippen LogP contribution in [0.5, 0.6) is 0 Å². The molecule has 18 heavy (non-hydrogen) atoms. The summed E-state index contributed by atoms with van der Waals surface area (Å²) in [5.74, 6) is -1.41. The molecule has 5 nitrogen and oxygen atoms in total. The third-order valence-corrected chi connectivity index (χ3v) is 4.93. The minimum atomic E-state index is -1.05. The fourth-order valence-corrected chi connectivity index (χ4v) is 3.22. The maximum absolute atomic E-state index is 11.7. The predicted octanol–water partition coefficient (Wildman–Crippen LogP) is 0.970. The molecule has 0 radical (unpaired) electrons. The minimum absolute atomic E-state index is 0.108. The highest BCUT2D eigenvalue weighted by molar-refractivity contribution is 8.00. The summed E-state index contributed by atoms with van der Waals surface area (Å²) in [4.78, 5) is 22.1. The van der Waals surface area contributed by atoms with Gasteiger partial charge in [-0.3, -0.25) is 9.59 Å². The molecule has 0 heterocycles. The lowest BCUT2D eigenvalue weighted by atomic mass is 9.88. The molecule has 4 N–H and O–H groups in total. The van der Waals surface area contributed by atoms with Crippen molar-refractivity contribution in [1.29, 1.82) is 0 Å². The van der Waals surface area contributed by atoms with Gasteiger partial charge in [0.2, 0.25) is 5.91 Å². The number of carbonyl (C=O) groups excluding carboxylic acids is 1. The maximum atomic E-state index is 11.7. The number of aliphatic carboxylic acids is 1. The Kier molecular flexibility index (Phi) is 5.95. The van der Waals surface area contributed by atoms with Crippen molar-refractivity contribution in [1.82, 2.24) is 5.32 Å². The Morgan fingerprint density at radius 2 is 2.00 bits per heavy atom. The molecule has 6 heteroatoms. The third-order valence-electron chi connectivity index (χ3n) is 3.51. The largest absolute Gasteiger partial charge is 0.481 e. The van der Waals surface area contributed by atoms with E-state index in [-0.39, 0.29) is 17.1 Å². The molecule has 1 aliphatic rings. The highest BCUT2D eigenvalue weighted by Gasteiger charge is 2.32. The molecule has 0 aromatic carbocycles. The Morgan fingerprint density at radius 1 is 1.39 bits per heavy atom. The standard InChI is InChI=1S/C12H22N2O3S/c1-18-12(5-3-2-4-6-12)8-14-11(17)9(13)7-10(15)16/h9H,2-8,13H2,1H3,(H,14,17)(H,15,16). The van der Waals surface area contributed by atoms with E-state index in [2.05, 4.69) is 11.6 Å². The Hall–Kier alpha value is -0.750. The molecule has 1 unspecified atom stereocenters. The van der Waals surface area contributed by atoms with Gasteiger partial charge in [-0.05, 0) is 19.1 Å². The summed E-state index contributed by atoms with van der Waals surface area (Å²) in [5, 5.41) is 11.4. The van der Waals surface area contributed by atoms with Crippen LogP contribution in [0.3, 0.4) is 0 Å². The number of thioether (sulfide) groups is 1. The van der Waals surface area contributed by atoms with Crippen LogP contribution < -0.4 is 11.1 Å². The van der Waals surface area contributed by atoms with E-state index in [0.29, 0.717) is 6.54 Å². The van der Waals surface area contributed by atoms with Crippen molar-refractivity contribution >= 4 is 23.6 Å². The zero-order chi connectivity index (χ0) is 13.6. The van der Waals surface area contributed by atoms with E-state index in [1.807, 2.05) is 0 Å². The van der Waals surface area contributed by atoms with Gasteiger partial charge < -0.3 is 16.2 Å². The first-order valence-electron chi connectivity index (χ1n) is 6.29.